The normalized spacial score (nSPS) is 21.6. The first-order valence-corrected chi connectivity index (χ1v) is 6.58. The van der Waals surface area contributed by atoms with Gasteiger partial charge >= 0.3 is 0 Å². The zero-order chi connectivity index (χ0) is 12.1. The number of pyridine rings is 1. The predicted octanol–water partition coefficient (Wildman–Crippen LogP) is 1.96. The highest BCUT2D eigenvalue weighted by molar-refractivity contribution is 5.20. The molecule has 0 radical (unpaired) electrons. The minimum atomic E-state index is 0.709. The summed E-state index contributed by atoms with van der Waals surface area (Å²) < 4.78 is 0. The minimum absolute atomic E-state index is 0.709. The second-order valence-corrected chi connectivity index (χ2v) is 5.06. The first-order valence-electron chi connectivity index (χ1n) is 6.58. The molecule has 1 aromatic heterocycles. The Hall–Kier alpha value is -0.930. The molecule has 1 saturated heterocycles. The lowest BCUT2D eigenvalue weighted by Gasteiger charge is -2.32. The van der Waals surface area contributed by atoms with Gasteiger partial charge in [0.2, 0.25) is 0 Å². The van der Waals surface area contributed by atoms with Gasteiger partial charge in [-0.2, -0.15) is 0 Å². The first-order chi connectivity index (χ1) is 8.27. The molecule has 0 spiro atoms. The molecular weight excluding hydrogens is 210 g/mol. The third-order valence-corrected chi connectivity index (χ3v) is 3.76. The molecule has 1 atom stereocenters. The average molecular weight is 233 g/mol. The number of aryl methyl sites for hydroxylation is 1. The van der Waals surface area contributed by atoms with Crippen LogP contribution in [-0.2, 0) is 6.54 Å². The van der Waals surface area contributed by atoms with Crippen LogP contribution in [0.2, 0.25) is 0 Å². The number of aromatic nitrogens is 1. The van der Waals surface area contributed by atoms with Crippen molar-refractivity contribution in [2.24, 2.45) is 0 Å². The lowest BCUT2D eigenvalue weighted by molar-refractivity contribution is 0.181. The van der Waals surface area contributed by atoms with Crippen molar-refractivity contribution in [1.29, 1.82) is 0 Å². The van der Waals surface area contributed by atoms with Crippen LogP contribution in [0.4, 0.5) is 0 Å². The van der Waals surface area contributed by atoms with Crippen LogP contribution in [-0.4, -0.2) is 36.1 Å². The van der Waals surface area contributed by atoms with Gasteiger partial charge in [0.15, 0.2) is 0 Å². The van der Waals surface area contributed by atoms with Gasteiger partial charge < -0.3 is 10.2 Å². The molecule has 0 saturated carbocycles. The van der Waals surface area contributed by atoms with Crippen LogP contribution < -0.4 is 5.32 Å². The van der Waals surface area contributed by atoms with E-state index in [1.807, 2.05) is 12.4 Å². The lowest BCUT2D eigenvalue weighted by Crippen LogP contribution is -2.42. The Kier molecular flexibility index (Phi) is 4.51. The smallest absolute Gasteiger partial charge is 0.0315 e. The molecule has 0 bridgehead atoms. The Labute approximate surface area is 104 Å². The summed E-state index contributed by atoms with van der Waals surface area (Å²) in [5.74, 6) is 0. The van der Waals surface area contributed by atoms with Gasteiger partial charge in [0.25, 0.3) is 0 Å². The van der Waals surface area contributed by atoms with Gasteiger partial charge in [-0.05, 0) is 50.6 Å². The van der Waals surface area contributed by atoms with Crippen molar-refractivity contribution in [3.05, 3.63) is 29.6 Å². The van der Waals surface area contributed by atoms with Crippen molar-refractivity contribution in [2.75, 3.05) is 20.1 Å². The van der Waals surface area contributed by atoms with E-state index < -0.39 is 0 Å². The summed E-state index contributed by atoms with van der Waals surface area (Å²) in [5, 5.41) is 3.56. The quantitative estimate of drug-likeness (QED) is 0.861. The van der Waals surface area contributed by atoms with Crippen molar-refractivity contribution in [3.8, 4) is 0 Å². The Balaban J connectivity index is 1.77. The van der Waals surface area contributed by atoms with Crippen LogP contribution in [0.3, 0.4) is 0 Å². The monoisotopic (exact) mass is 233 g/mol. The molecule has 1 fully saturated rings. The standard InChI is InChI=1S/C14H23N3/c1-12-6-7-15-9-13(12)10-16-11-14-5-3-4-8-17(14)2/h6-7,9,14,16H,3-5,8,10-11H2,1-2H3. The Bertz CT molecular complexity index is 351. The SMILES string of the molecule is Cc1ccncc1CNCC1CCCCN1C. The molecule has 17 heavy (non-hydrogen) atoms. The highest BCUT2D eigenvalue weighted by atomic mass is 15.2. The van der Waals surface area contributed by atoms with E-state index in [2.05, 4.69) is 35.2 Å². The van der Waals surface area contributed by atoms with Crippen LogP contribution in [0.1, 0.15) is 30.4 Å². The number of piperidine rings is 1. The van der Waals surface area contributed by atoms with E-state index in [0.29, 0.717) is 6.04 Å². The molecule has 3 heteroatoms. The van der Waals surface area contributed by atoms with Gasteiger partial charge in [0.05, 0.1) is 0 Å². The van der Waals surface area contributed by atoms with E-state index in [4.69, 9.17) is 0 Å². The molecule has 0 aliphatic carbocycles. The second kappa shape index (κ2) is 6.12. The summed E-state index contributed by atoms with van der Waals surface area (Å²) in [6, 6.07) is 2.78. The molecule has 2 heterocycles. The topological polar surface area (TPSA) is 28.2 Å². The number of likely N-dealkylation sites (N-methyl/N-ethyl adjacent to an activating group) is 1. The number of nitrogens with one attached hydrogen (secondary N) is 1. The van der Waals surface area contributed by atoms with Crippen LogP contribution in [0, 0.1) is 6.92 Å². The van der Waals surface area contributed by atoms with Crippen molar-refractivity contribution >= 4 is 0 Å². The van der Waals surface area contributed by atoms with E-state index >= 15 is 0 Å². The Morgan fingerprint density at radius 1 is 1.47 bits per heavy atom. The molecule has 2 rings (SSSR count). The molecule has 1 aliphatic rings. The molecule has 3 nitrogen and oxygen atoms in total. The maximum absolute atomic E-state index is 4.18. The molecule has 0 aromatic carbocycles. The molecule has 94 valence electrons. The van der Waals surface area contributed by atoms with Crippen LogP contribution in [0.15, 0.2) is 18.5 Å². The van der Waals surface area contributed by atoms with E-state index in [0.717, 1.165) is 13.1 Å². The van der Waals surface area contributed by atoms with E-state index in [1.54, 1.807) is 0 Å². The summed E-state index contributed by atoms with van der Waals surface area (Å²) >= 11 is 0. The summed E-state index contributed by atoms with van der Waals surface area (Å²) in [5.41, 5.74) is 2.63. The predicted molar refractivity (Wildman–Crippen MR) is 70.9 cm³/mol. The fourth-order valence-electron chi connectivity index (χ4n) is 2.46. The van der Waals surface area contributed by atoms with Crippen molar-refractivity contribution < 1.29 is 0 Å². The molecule has 0 amide bonds. The van der Waals surface area contributed by atoms with E-state index in [-0.39, 0.29) is 0 Å². The van der Waals surface area contributed by atoms with Crippen molar-refractivity contribution in [2.45, 2.75) is 38.8 Å². The zero-order valence-corrected chi connectivity index (χ0v) is 10.9. The molecular formula is C14H23N3. The fourth-order valence-corrected chi connectivity index (χ4v) is 2.46. The van der Waals surface area contributed by atoms with Crippen LogP contribution in [0.25, 0.3) is 0 Å². The van der Waals surface area contributed by atoms with Crippen LogP contribution in [0.5, 0.6) is 0 Å². The van der Waals surface area contributed by atoms with Gasteiger partial charge in [0, 0.05) is 31.5 Å². The van der Waals surface area contributed by atoms with Gasteiger partial charge in [-0.25, -0.2) is 0 Å². The number of rotatable bonds is 4. The van der Waals surface area contributed by atoms with Gasteiger partial charge in [0.1, 0.15) is 0 Å². The van der Waals surface area contributed by atoms with E-state index in [1.165, 1.54) is 36.9 Å². The maximum Gasteiger partial charge on any atom is 0.0315 e. The number of hydrogen-bond acceptors (Lipinski definition) is 3. The second-order valence-electron chi connectivity index (χ2n) is 5.06. The maximum atomic E-state index is 4.18. The molecule has 1 aromatic rings. The third kappa shape index (κ3) is 3.51. The van der Waals surface area contributed by atoms with Crippen molar-refractivity contribution in [1.82, 2.24) is 15.2 Å². The summed E-state index contributed by atoms with van der Waals surface area (Å²) in [6.07, 6.45) is 7.88. The first kappa shape index (κ1) is 12.5. The largest absolute Gasteiger partial charge is 0.311 e. The molecule has 1 N–H and O–H groups in total. The van der Waals surface area contributed by atoms with Gasteiger partial charge in [-0.3, -0.25) is 4.98 Å². The van der Waals surface area contributed by atoms with Gasteiger partial charge in [-0.15, -0.1) is 0 Å². The lowest BCUT2D eigenvalue weighted by atomic mass is 10.0. The van der Waals surface area contributed by atoms with Gasteiger partial charge in [-0.1, -0.05) is 6.42 Å². The molecule has 1 aliphatic heterocycles. The summed E-state index contributed by atoms with van der Waals surface area (Å²) in [7, 11) is 2.24. The number of nitrogens with zero attached hydrogens (tertiary/aromatic N) is 2. The average Bonchev–Trinajstić information content (AvgIpc) is 2.34. The molecule has 1 unspecified atom stereocenters. The number of hydrogen-bond donors (Lipinski definition) is 1. The Morgan fingerprint density at radius 2 is 2.35 bits per heavy atom. The highest BCUT2D eigenvalue weighted by Gasteiger charge is 2.17. The fraction of sp³-hybridized carbons (Fsp3) is 0.643. The minimum Gasteiger partial charge on any atom is -0.311 e. The Morgan fingerprint density at radius 3 is 3.12 bits per heavy atom. The van der Waals surface area contributed by atoms with Crippen LogP contribution >= 0.6 is 0 Å². The zero-order valence-electron chi connectivity index (χ0n) is 10.9. The number of likely N-dealkylation sites (tertiary alicyclic amines) is 1. The third-order valence-electron chi connectivity index (χ3n) is 3.76. The summed E-state index contributed by atoms with van der Waals surface area (Å²) in [6.45, 7) is 5.42. The van der Waals surface area contributed by atoms with E-state index in [9.17, 15) is 0 Å². The highest BCUT2D eigenvalue weighted by Crippen LogP contribution is 2.14. The summed E-state index contributed by atoms with van der Waals surface area (Å²) in [4.78, 5) is 6.65. The van der Waals surface area contributed by atoms with Crippen molar-refractivity contribution in [3.63, 3.8) is 0 Å².